The maximum absolute atomic E-state index is 5.76. The Labute approximate surface area is 148 Å². The van der Waals surface area contributed by atoms with Crippen LogP contribution in [-0.2, 0) is 13.5 Å². The second kappa shape index (κ2) is 6.87. The first-order chi connectivity index (χ1) is 9.43. The van der Waals surface area contributed by atoms with E-state index in [2.05, 4.69) is 77.1 Å². The summed E-state index contributed by atoms with van der Waals surface area (Å²) in [5.74, 6) is 5.76. The van der Waals surface area contributed by atoms with E-state index in [4.69, 9.17) is 5.84 Å². The zero-order chi connectivity index (χ0) is 14.9. The van der Waals surface area contributed by atoms with Gasteiger partial charge in [0.05, 0.1) is 21.9 Å². The topological polar surface area (TPSA) is 55.9 Å². The molecule has 0 aliphatic heterocycles. The van der Waals surface area contributed by atoms with Gasteiger partial charge in [0.2, 0.25) is 0 Å². The van der Waals surface area contributed by atoms with Crippen LogP contribution in [0.2, 0.25) is 0 Å². The Bertz CT molecular complexity index is 627. The number of benzene rings is 1. The molecule has 0 saturated carbocycles. The van der Waals surface area contributed by atoms with Crippen LogP contribution in [0.3, 0.4) is 0 Å². The number of aromatic nitrogens is 2. The highest BCUT2D eigenvalue weighted by Gasteiger charge is 2.19. The molecule has 1 aromatic heterocycles. The number of aryl methyl sites for hydroxylation is 2. The third-order valence-electron chi connectivity index (χ3n) is 3.19. The molecule has 0 aliphatic rings. The third kappa shape index (κ3) is 3.44. The third-order valence-corrected chi connectivity index (χ3v) is 5.70. The number of rotatable bonds is 4. The maximum atomic E-state index is 5.76. The molecular formula is C13H15Br2IN4. The van der Waals surface area contributed by atoms with Crippen LogP contribution < -0.4 is 11.3 Å². The molecule has 3 N–H and O–H groups in total. The normalized spacial score (nSPS) is 12.7. The average molecular weight is 514 g/mol. The van der Waals surface area contributed by atoms with Crippen molar-refractivity contribution >= 4 is 54.5 Å². The highest BCUT2D eigenvalue weighted by atomic mass is 127. The number of hydrogen-bond donors (Lipinski definition) is 2. The predicted molar refractivity (Wildman–Crippen MR) is 96.3 cm³/mol. The molecule has 0 radical (unpaired) electrons. The number of nitrogens with one attached hydrogen (secondary N) is 1. The summed E-state index contributed by atoms with van der Waals surface area (Å²) in [4.78, 5) is 0. The molecule has 4 nitrogen and oxygen atoms in total. The van der Waals surface area contributed by atoms with E-state index in [-0.39, 0.29) is 6.04 Å². The van der Waals surface area contributed by atoms with Crippen molar-refractivity contribution in [3.63, 3.8) is 0 Å². The van der Waals surface area contributed by atoms with Gasteiger partial charge in [-0.3, -0.25) is 16.0 Å². The van der Waals surface area contributed by atoms with E-state index in [1.807, 2.05) is 24.7 Å². The quantitative estimate of drug-likeness (QED) is 0.373. The van der Waals surface area contributed by atoms with E-state index in [0.29, 0.717) is 0 Å². The minimum Gasteiger partial charge on any atom is -0.271 e. The fraction of sp³-hybridized carbons (Fsp3) is 0.308. The summed E-state index contributed by atoms with van der Waals surface area (Å²) in [5, 5.41) is 4.42. The highest BCUT2D eigenvalue weighted by Crippen LogP contribution is 2.29. The Morgan fingerprint density at radius 2 is 2.15 bits per heavy atom. The molecule has 0 amide bonds. The van der Waals surface area contributed by atoms with Crippen molar-refractivity contribution in [2.24, 2.45) is 12.9 Å². The van der Waals surface area contributed by atoms with Gasteiger partial charge >= 0.3 is 0 Å². The Balaban J connectivity index is 2.36. The first kappa shape index (κ1) is 16.4. The summed E-state index contributed by atoms with van der Waals surface area (Å²) >= 11 is 9.45. The van der Waals surface area contributed by atoms with Crippen LogP contribution in [0, 0.1) is 10.5 Å². The Hall–Kier alpha value is 0.0400. The van der Waals surface area contributed by atoms with Crippen molar-refractivity contribution in [1.82, 2.24) is 15.2 Å². The first-order valence-electron chi connectivity index (χ1n) is 6.03. The lowest BCUT2D eigenvalue weighted by molar-refractivity contribution is 0.527. The van der Waals surface area contributed by atoms with Crippen LogP contribution >= 0.6 is 54.5 Å². The molecule has 1 aromatic carbocycles. The largest absolute Gasteiger partial charge is 0.271 e. The minimum absolute atomic E-state index is 0.0329. The van der Waals surface area contributed by atoms with Crippen LogP contribution in [0.15, 0.2) is 27.1 Å². The van der Waals surface area contributed by atoms with Gasteiger partial charge < -0.3 is 0 Å². The fourth-order valence-corrected chi connectivity index (χ4v) is 3.72. The number of nitrogens with two attached hydrogens (primary N) is 1. The lowest BCUT2D eigenvalue weighted by atomic mass is 10.0. The molecule has 108 valence electrons. The van der Waals surface area contributed by atoms with Gasteiger partial charge in [-0.1, -0.05) is 15.9 Å². The van der Waals surface area contributed by atoms with Crippen molar-refractivity contribution in [3.05, 3.63) is 47.7 Å². The van der Waals surface area contributed by atoms with Gasteiger partial charge in [0.1, 0.15) is 0 Å². The van der Waals surface area contributed by atoms with Gasteiger partial charge in [-0.05, 0) is 69.2 Å². The molecule has 1 heterocycles. The van der Waals surface area contributed by atoms with Gasteiger partial charge in [-0.25, -0.2) is 0 Å². The summed E-state index contributed by atoms with van der Waals surface area (Å²) in [6.45, 7) is 1.99. The van der Waals surface area contributed by atoms with Gasteiger partial charge in [-0.15, -0.1) is 0 Å². The molecule has 1 unspecified atom stereocenters. The van der Waals surface area contributed by atoms with E-state index >= 15 is 0 Å². The molecule has 20 heavy (non-hydrogen) atoms. The lowest BCUT2D eigenvalue weighted by Gasteiger charge is -2.18. The molecule has 0 bridgehead atoms. The van der Waals surface area contributed by atoms with Crippen LogP contribution in [0.1, 0.15) is 23.0 Å². The first-order valence-corrected chi connectivity index (χ1v) is 8.69. The maximum Gasteiger partial charge on any atom is 0.0738 e. The SMILES string of the molecule is Cc1nn(C)c(CC(NN)c2cc(Br)ccc2I)c1Br. The van der Waals surface area contributed by atoms with Crippen LogP contribution in [0.4, 0.5) is 0 Å². The van der Waals surface area contributed by atoms with E-state index < -0.39 is 0 Å². The average Bonchev–Trinajstić information content (AvgIpc) is 2.65. The summed E-state index contributed by atoms with van der Waals surface area (Å²) in [6, 6.07) is 6.24. The summed E-state index contributed by atoms with van der Waals surface area (Å²) < 4.78 is 5.18. The second-order valence-electron chi connectivity index (χ2n) is 4.56. The standard InChI is InChI=1S/C13H15Br2IN4/c1-7-13(15)12(20(2)19-7)6-11(18-17)9-5-8(14)3-4-10(9)16/h3-5,11,18H,6,17H2,1-2H3. The molecule has 7 heteroatoms. The van der Waals surface area contributed by atoms with Crippen molar-refractivity contribution in [1.29, 1.82) is 0 Å². The molecular weight excluding hydrogens is 499 g/mol. The molecule has 0 spiro atoms. The molecule has 2 aromatic rings. The summed E-state index contributed by atoms with van der Waals surface area (Å²) in [5.41, 5.74) is 6.20. The van der Waals surface area contributed by atoms with Gasteiger partial charge in [0.25, 0.3) is 0 Å². The highest BCUT2D eigenvalue weighted by molar-refractivity contribution is 14.1. The fourth-order valence-electron chi connectivity index (χ4n) is 2.14. The van der Waals surface area contributed by atoms with E-state index in [1.165, 1.54) is 9.13 Å². The van der Waals surface area contributed by atoms with E-state index in [9.17, 15) is 0 Å². The summed E-state index contributed by atoms with van der Waals surface area (Å²) in [6.07, 6.45) is 0.765. The monoisotopic (exact) mass is 512 g/mol. The predicted octanol–water partition coefficient (Wildman–Crippen LogP) is 3.61. The van der Waals surface area contributed by atoms with E-state index in [1.54, 1.807) is 0 Å². The number of nitrogens with zero attached hydrogens (tertiary/aromatic N) is 2. The van der Waals surface area contributed by atoms with Crippen molar-refractivity contribution in [3.8, 4) is 0 Å². The van der Waals surface area contributed by atoms with E-state index in [0.717, 1.165) is 26.8 Å². The smallest absolute Gasteiger partial charge is 0.0738 e. The van der Waals surface area contributed by atoms with Crippen LogP contribution in [-0.4, -0.2) is 9.78 Å². The number of hydrazine groups is 1. The summed E-state index contributed by atoms with van der Waals surface area (Å²) in [7, 11) is 1.95. The number of halogens is 3. The number of hydrogen-bond acceptors (Lipinski definition) is 3. The molecule has 0 saturated heterocycles. The second-order valence-corrected chi connectivity index (χ2v) is 7.43. The zero-order valence-corrected chi connectivity index (χ0v) is 16.5. The minimum atomic E-state index is 0.0329. The van der Waals surface area contributed by atoms with Crippen molar-refractivity contribution in [2.75, 3.05) is 0 Å². The Kier molecular flexibility index (Phi) is 5.63. The molecule has 1 atom stereocenters. The van der Waals surface area contributed by atoms with Crippen LogP contribution in [0.5, 0.6) is 0 Å². The molecule has 0 aliphatic carbocycles. The molecule has 0 fully saturated rings. The van der Waals surface area contributed by atoms with Crippen LogP contribution in [0.25, 0.3) is 0 Å². The van der Waals surface area contributed by atoms with Gasteiger partial charge in [0.15, 0.2) is 0 Å². The van der Waals surface area contributed by atoms with Crippen molar-refractivity contribution < 1.29 is 0 Å². The zero-order valence-electron chi connectivity index (χ0n) is 11.1. The lowest BCUT2D eigenvalue weighted by Crippen LogP contribution is -2.30. The Morgan fingerprint density at radius 3 is 2.70 bits per heavy atom. The Morgan fingerprint density at radius 1 is 1.45 bits per heavy atom. The van der Waals surface area contributed by atoms with Gasteiger partial charge in [0, 0.05) is 21.5 Å². The molecule has 2 rings (SSSR count). The van der Waals surface area contributed by atoms with Gasteiger partial charge in [-0.2, -0.15) is 5.10 Å². The van der Waals surface area contributed by atoms with Crippen molar-refractivity contribution in [2.45, 2.75) is 19.4 Å².